The Morgan fingerprint density at radius 1 is 1.40 bits per heavy atom. The van der Waals surface area contributed by atoms with Crippen LogP contribution in [0, 0.1) is 11.8 Å². The van der Waals surface area contributed by atoms with Gasteiger partial charge in [0.05, 0.1) is 11.9 Å². The predicted molar refractivity (Wildman–Crippen MR) is 79.7 cm³/mol. The van der Waals surface area contributed by atoms with Crippen LogP contribution in [0.15, 0.2) is 18.3 Å². The van der Waals surface area contributed by atoms with Crippen molar-refractivity contribution in [3.63, 3.8) is 0 Å². The van der Waals surface area contributed by atoms with Crippen LogP contribution in [0.25, 0.3) is 0 Å². The summed E-state index contributed by atoms with van der Waals surface area (Å²) in [6, 6.07) is 3.77. The van der Waals surface area contributed by atoms with Crippen LogP contribution in [0.1, 0.15) is 26.7 Å². The highest BCUT2D eigenvalue weighted by molar-refractivity contribution is 5.91. The van der Waals surface area contributed by atoms with Gasteiger partial charge in [0.2, 0.25) is 5.91 Å². The average molecular weight is 277 g/mol. The van der Waals surface area contributed by atoms with Crippen LogP contribution in [-0.4, -0.2) is 30.6 Å². The Morgan fingerprint density at radius 3 is 2.75 bits per heavy atom. The third-order valence-electron chi connectivity index (χ3n) is 3.32. The molecule has 5 heteroatoms. The zero-order valence-corrected chi connectivity index (χ0v) is 12.2. The molecule has 0 saturated carbocycles. The lowest BCUT2D eigenvalue weighted by Gasteiger charge is -2.21. The molecule has 2 heterocycles. The molecule has 1 fully saturated rings. The lowest BCUT2D eigenvalue weighted by Crippen LogP contribution is -2.28. The number of aromatic nitrogens is 1. The molecule has 0 aromatic carbocycles. The van der Waals surface area contributed by atoms with Crippen molar-refractivity contribution in [2.75, 3.05) is 30.4 Å². The topological polar surface area (TPSA) is 63.2 Å². The van der Waals surface area contributed by atoms with E-state index in [0.29, 0.717) is 24.9 Å². The fourth-order valence-corrected chi connectivity index (χ4v) is 2.08. The minimum atomic E-state index is 0.0451. The summed E-state index contributed by atoms with van der Waals surface area (Å²) in [6.07, 6.45) is 3.34. The molecule has 20 heavy (non-hydrogen) atoms. The quantitative estimate of drug-likeness (QED) is 0.868. The summed E-state index contributed by atoms with van der Waals surface area (Å²) < 4.78 is 5.26. The molecule has 2 N–H and O–H groups in total. The van der Waals surface area contributed by atoms with E-state index in [4.69, 9.17) is 4.74 Å². The minimum Gasteiger partial charge on any atom is -0.384 e. The maximum atomic E-state index is 12.0. The van der Waals surface area contributed by atoms with Gasteiger partial charge in [-0.2, -0.15) is 0 Å². The molecule has 1 amide bonds. The first-order valence-electron chi connectivity index (χ1n) is 7.23. The maximum Gasteiger partial charge on any atom is 0.228 e. The first kappa shape index (κ1) is 14.8. The van der Waals surface area contributed by atoms with Gasteiger partial charge in [-0.15, -0.1) is 0 Å². The summed E-state index contributed by atoms with van der Waals surface area (Å²) in [4.78, 5) is 16.3. The molecule has 0 atom stereocenters. The van der Waals surface area contributed by atoms with Crippen molar-refractivity contribution in [1.29, 1.82) is 0 Å². The fraction of sp³-hybridized carbons (Fsp3) is 0.600. The standard InChI is InChI=1S/C15H23N3O2/c1-11(2)9-16-13-3-4-14(17-10-13)18-15(19)12-5-7-20-8-6-12/h3-4,10-12,16H,5-9H2,1-2H3,(H,17,18,19). The molecule has 0 unspecified atom stereocenters. The maximum absolute atomic E-state index is 12.0. The number of anilines is 2. The van der Waals surface area contributed by atoms with E-state index in [1.54, 1.807) is 6.20 Å². The number of nitrogens with one attached hydrogen (secondary N) is 2. The van der Waals surface area contributed by atoms with Crippen molar-refractivity contribution in [2.45, 2.75) is 26.7 Å². The van der Waals surface area contributed by atoms with Crippen molar-refractivity contribution in [1.82, 2.24) is 4.98 Å². The van der Waals surface area contributed by atoms with Crippen molar-refractivity contribution < 1.29 is 9.53 Å². The Labute approximate surface area is 120 Å². The third-order valence-corrected chi connectivity index (χ3v) is 3.32. The van der Waals surface area contributed by atoms with Crippen LogP contribution in [0.5, 0.6) is 0 Å². The molecule has 1 aromatic rings. The number of hydrogen-bond donors (Lipinski definition) is 2. The second-order valence-corrected chi connectivity index (χ2v) is 5.58. The number of carbonyl (C=O) groups excluding carboxylic acids is 1. The molecular formula is C15H23N3O2. The Bertz CT molecular complexity index is 425. The van der Waals surface area contributed by atoms with Crippen molar-refractivity contribution in [3.05, 3.63) is 18.3 Å². The number of carbonyl (C=O) groups is 1. The summed E-state index contributed by atoms with van der Waals surface area (Å²) in [7, 11) is 0. The van der Waals surface area contributed by atoms with Crippen LogP contribution in [0.3, 0.4) is 0 Å². The highest BCUT2D eigenvalue weighted by Crippen LogP contribution is 2.17. The Kier molecular flexibility index (Phi) is 5.35. The average Bonchev–Trinajstić information content (AvgIpc) is 2.47. The van der Waals surface area contributed by atoms with E-state index >= 15 is 0 Å². The molecule has 110 valence electrons. The predicted octanol–water partition coefficient (Wildman–Crippen LogP) is 2.51. The van der Waals surface area contributed by atoms with E-state index < -0.39 is 0 Å². The number of hydrogen-bond acceptors (Lipinski definition) is 4. The summed E-state index contributed by atoms with van der Waals surface area (Å²) in [5.74, 6) is 1.28. The summed E-state index contributed by atoms with van der Waals surface area (Å²) in [6.45, 7) is 6.56. The zero-order chi connectivity index (χ0) is 14.4. The second kappa shape index (κ2) is 7.24. The van der Waals surface area contributed by atoms with Crippen molar-refractivity contribution in [3.8, 4) is 0 Å². The Balaban J connectivity index is 1.84. The van der Waals surface area contributed by atoms with Crippen molar-refractivity contribution in [2.24, 2.45) is 11.8 Å². The lowest BCUT2D eigenvalue weighted by molar-refractivity contribution is -0.122. The van der Waals surface area contributed by atoms with E-state index in [1.165, 1.54) is 0 Å². The van der Waals surface area contributed by atoms with E-state index in [1.807, 2.05) is 12.1 Å². The molecule has 1 saturated heterocycles. The van der Waals surface area contributed by atoms with Gasteiger partial charge in [0.1, 0.15) is 5.82 Å². The molecule has 1 aliphatic rings. The van der Waals surface area contributed by atoms with Crippen LogP contribution >= 0.6 is 0 Å². The van der Waals surface area contributed by atoms with Crippen molar-refractivity contribution >= 4 is 17.4 Å². The number of pyridine rings is 1. The van der Waals surface area contributed by atoms with Gasteiger partial charge in [-0.25, -0.2) is 4.98 Å². The molecule has 1 aliphatic heterocycles. The van der Waals surface area contributed by atoms with Gasteiger partial charge < -0.3 is 15.4 Å². The zero-order valence-electron chi connectivity index (χ0n) is 12.2. The van der Waals surface area contributed by atoms with Gasteiger partial charge >= 0.3 is 0 Å². The smallest absolute Gasteiger partial charge is 0.228 e. The SMILES string of the molecule is CC(C)CNc1ccc(NC(=O)C2CCOCC2)nc1. The van der Waals surface area contributed by atoms with E-state index in [9.17, 15) is 4.79 Å². The van der Waals surface area contributed by atoms with E-state index in [0.717, 1.165) is 25.1 Å². The van der Waals surface area contributed by atoms with E-state index in [-0.39, 0.29) is 11.8 Å². The van der Waals surface area contributed by atoms with Gasteiger partial charge in [-0.05, 0) is 30.9 Å². The van der Waals surface area contributed by atoms with Gasteiger partial charge in [0.15, 0.2) is 0 Å². The molecule has 5 nitrogen and oxygen atoms in total. The fourth-order valence-electron chi connectivity index (χ4n) is 2.08. The Hall–Kier alpha value is -1.62. The highest BCUT2D eigenvalue weighted by Gasteiger charge is 2.21. The van der Waals surface area contributed by atoms with Crippen LogP contribution in [0.4, 0.5) is 11.5 Å². The molecule has 0 radical (unpaired) electrons. The first-order chi connectivity index (χ1) is 9.65. The van der Waals surface area contributed by atoms with Crippen LogP contribution < -0.4 is 10.6 Å². The second-order valence-electron chi connectivity index (χ2n) is 5.58. The highest BCUT2D eigenvalue weighted by atomic mass is 16.5. The molecular weight excluding hydrogens is 254 g/mol. The molecule has 0 bridgehead atoms. The van der Waals surface area contributed by atoms with Crippen LogP contribution in [0.2, 0.25) is 0 Å². The lowest BCUT2D eigenvalue weighted by atomic mass is 9.99. The van der Waals surface area contributed by atoms with Crippen LogP contribution in [-0.2, 0) is 9.53 Å². The summed E-state index contributed by atoms with van der Waals surface area (Å²) in [5.41, 5.74) is 0.975. The number of ether oxygens (including phenoxy) is 1. The normalized spacial score (nSPS) is 16.1. The molecule has 2 rings (SSSR count). The number of nitrogens with zero attached hydrogens (tertiary/aromatic N) is 1. The monoisotopic (exact) mass is 277 g/mol. The van der Waals surface area contributed by atoms with Gasteiger partial charge in [-0.3, -0.25) is 4.79 Å². The molecule has 0 spiro atoms. The largest absolute Gasteiger partial charge is 0.384 e. The first-order valence-corrected chi connectivity index (χ1v) is 7.23. The molecule has 0 aliphatic carbocycles. The van der Waals surface area contributed by atoms with Gasteiger partial charge in [0, 0.05) is 25.7 Å². The summed E-state index contributed by atoms with van der Waals surface area (Å²) >= 11 is 0. The Morgan fingerprint density at radius 2 is 2.15 bits per heavy atom. The van der Waals surface area contributed by atoms with Gasteiger partial charge in [0.25, 0.3) is 0 Å². The summed E-state index contributed by atoms with van der Waals surface area (Å²) in [5, 5.41) is 6.17. The third kappa shape index (κ3) is 4.49. The molecule has 1 aromatic heterocycles. The minimum absolute atomic E-state index is 0.0451. The van der Waals surface area contributed by atoms with Gasteiger partial charge in [-0.1, -0.05) is 13.8 Å². The number of rotatable bonds is 5. The number of amides is 1. The van der Waals surface area contributed by atoms with E-state index in [2.05, 4.69) is 29.5 Å².